The van der Waals surface area contributed by atoms with Gasteiger partial charge in [-0.1, -0.05) is 54.1 Å². The van der Waals surface area contributed by atoms with E-state index in [1.54, 1.807) is 60.7 Å². The lowest BCUT2D eigenvalue weighted by atomic mass is 10.0. The number of hydrogen-bond donors (Lipinski definition) is 4. The van der Waals surface area contributed by atoms with Crippen LogP contribution >= 0.6 is 11.6 Å². The van der Waals surface area contributed by atoms with Gasteiger partial charge in [-0.2, -0.15) is 10.5 Å². The number of hydrogen-bond acceptors (Lipinski definition) is 9. The van der Waals surface area contributed by atoms with Crippen molar-refractivity contribution in [1.82, 2.24) is 0 Å². The monoisotopic (exact) mass is 790 g/mol. The van der Waals surface area contributed by atoms with Crippen LogP contribution in [0.15, 0.2) is 140 Å². The third-order valence-corrected chi connectivity index (χ3v) is 8.86. The van der Waals surface area contributed by atoms with Crippen LogP contribution in [0.5, 0.6) is 0 Å². The third-order valence-electron chi connectivity index (χ3n) is 8.53. The summed E-state index contributed by atoms with van der Waals surface area (Å²) in [6, 6.07) is 34.9. The molecular weight excluding hydrogens is 764 g/mol. The zero-order valence-corrected chi connectivity index (χ0v) is 30.6. The Labute approximate surface area is 334 Å². The van der Waals surface area contributed by atoms with Crippen molar-refractivity contribution in [1.29, 1.82) is 10.5 Å². The van der Waals surface area contributed by atoms with E-state index in [-0.39, 0.29) is 38.7 Å². The largest absolute Gasteiger partial charge is 0.478 e. The number of fused-ring (bicyclic) bond motifs is 1. The second kappa shape index (κ2) is 17.5. The number of anilines is 1. The van der Waals surface area contributed by atoms with E-state index in [0.717, 1.165) is 11.3 Å². The first-order valence-corrected chi connectivity index (χ1v) is 17.4. The number of carboxylic acid groups (broad SMARTS) is 3. The van der Waals surface area contributed by atoms with Crippen molar-refractivity contribution >= 4 is 64.7 Å². The van der Waals surface area contributed by atoms with Crippen molar-refractivity contribution in [2.75, 3.05) is 5.32 Å². The zero-order valence-electron chi connectivity index (χ0n) is 29.8. The van der Waals surface area contributed by atoms with Crippen LogP contribution in [0.2, 0.25) is 5.02 Å². The lowest BCUT2D eigenvalue weighted by Crippen LogP contribution is -2.16. The Balaban J connectivity index is 0.000000196. The second-order valence-corrected chi connectivity index (χ2v) is 12.7. The van der Waals surface area contributed by atoms with E-state index in [1.165, 1.54) is 48.5 Å². The second-order valence-electron chi connectivity index (χ2n) is 12.3. The molecule has 1 aliphatic heterocycles. The Hall–Kier alpha value is -8.26. The molecule has 0 fully saturated rings. The molecule has 284 valence electrons. The molecule has 0 spiro atoms. The van der Waals surface area contributed by atoms with Gasteiger partial charge in [0, 0.05) is 29.7 Å². The van der Waals surface area contributed by atoms with Gasteiger partial charge in [-0.3, -0.25) is 9.79 Å². The van der Waals surface area contributed by atoms with E-state index in [4.69, 9.17) is 25.5 Å². The van der Waals surface area contributed by atoms with Crippen LogP contribution in [-0.4, -0.2) is 44.8 Å². The fourth-order valence-corrected chi connectivity index (χ4v) is 5.86. The summed E-state index contributed by atoms with van der Waals surface area (Å²) in [5.74, 6) is -2.52. The molecular formula is C44H27ClN4O9. The number of amides is 1. The molecule has 0 aliphatic carbocycles. The molecule has 58 heavy (non-hydrogen) atoms. The summed E-state index contributed by atoms with van der Waals surface area (Å²) in [4.78, 5) is 50.4. The SMILES string of the molecule is N#C/C(=C\c1ccc(-c2ccc(C(=O)O)cc2)o1)C(=O)Nc1ccccc1C(=O)O.N#C/C(=C\c1ccc(-c2ccc(Cl)c(C(=O)O)c2)o1)C1=Nc2ccccc2C1. The van der Waals surface area contributed by atoms with Crippen LogP contribution in [0.1, 0.15) is 48.2 Å². The number of halogens is 1. The van der Waals surface area contributed by atoms with Crippen molar-refractivity contribution < 1.29 is 43.3 Å². The molecule has 14 heteroatoms. The van der Waals surface area contributed by atoms with Gasteiger partial charge in [0.15, 0.2) is 0 Å². The first kappa shape index (κ1) is 39.4. The van der Waals surface area contributed by atoms with Gasteiger partial charge < -0.3 is 29.5 Å². The van der Waals surface area contributed by atoms with E-state index < -0.39 is 23.8 Å². The summed E-state index contributed by atoms with van der Waals surface area (Å²) < 4.78 is 11.4. The Morgan fingerprint density at radius 1 is 0.690 bits per heavy atom. The molecule has 1 aliphatic rings. The van der Waals surface area contributed by atoms with Crippen LogP contribution in [-0.2, 0) is 11.2 Å². The molecule has 0 saturated heterocycles. The highest BCUT2D eigenvalue weighted by molar-refractivity contribution is 6.33. The van der Waals surface area contributed by atoms with Gasteiger partial charge in [0.1, 0.15) is 40.8 Å². The summed E-state index contributed by atoms with van der Waals surface area (Å²) >= 11 is 5.91. The molecule has 6 aromatic rings. The highest BCUT2D eigenvalue weighted by Gasteiger charge is 2.19. The van der Waals surface area contributed by atoms with Gasteiger partial charge in [0.2, 0.25) is 0 Å². The maximum atomic E-state index is 12.4. The number of para-hydroxylation sites is 2. The van der Waals surface area contributed by atoms with Crippen LogP contribution in [0.25, 0.3) is 34.8 Å². The number of rotatable bonds is 10. The van der Waals surface area contributed by atoms with Crippen molar-refractivity contribution in [3.05, 3.63) is 165 Å². The molecule has 0 saturated carbocycles. The Morgan fingerprint density at radius 3 is 1.95 bits per heavy atom. The predicted octanol–water partition coefficient (Wildman–Crippen LogP) is 9.42. The van der Waals surface area contributed by atoms with Crippen molar-refractivity contribution in [3.63, 3.8) is 0 Å². The molecule has 7 rings (SSSR count). The van der Waals surface area contributed by atoms with Crippen molar-refractivity contribution in [2.45, 2.75) is 6.42 Å². The normalized spacial score (nSPS) is 11.9. The topological polar surface area (TPSA) is 227 Å². The Morgan fingerprint density at radius 2 is 1.31 bits per heavy atom. The molecule has 13 nitrogen and oxygen atoms in total. The number of furan rings is 2. The zero-order chi connectivity index (χ0) is 41.3. The lowest BCUT2D eigenvalue weighted by Gasteiger charge is -2.07. The van der Waals surface area contributed by atoms with E-state index in [1.807, 2.05) is 24.3 Å². The maximum Gasteiger partial charge on any atom is 0.337 e. The van der Waals surface area contributed by atoms with Gasteiger partial charge in [-0.15, -0.1) is 0 Å². The average Bonchev–Trinajstić information content (AvgIpc) is 4.00. The van der Waals surface area contributed by atoms with Gasteiger partial charge in [-0.05, 0) is 78.4 Å². The summed E-state index contributed by atoms with van der Waals surface area (Å²) in [6.07, 6.45) is 3.47. The quantitative estimate of drug-likeness (QED) is 0.0754. The number of carbonyl (C=O) groups excluding carboxylic acids is 1. The number of nitriles is 2. The first-order chi connectivity index (χ1) is 27.9. The number of nitrogens with one attached hydrogen (secondary N) is 1. The van der Waals surface area contributed by atoms with Crippen LogP contribution in [0, 0.1) is 22.7 Å². The lowest BCUT2D eigenvalue weighted by molar-refractivity contribution is -0.112. The number of benzene rings is 4. The fraction of sp³-hybridized carbons (Fsp3) is 0.0227. The summed E-state index contributed by atoms with van der Waals surface area (Å²) in [7, 11) is 0. The van der Waals surface area contributed by atoms with Crippen LogP contribution in [0.3, 0.4) is 0 Å². The number of carbonyl (C=O) groups is 4. The van der Waals surface area contributed by atoms with Gasteiger partial charge in [-0.25, -0.2) is 14.4 Å². The number of aromatic carboxylic acids is 3. The van der Waals surface area contributed by atoms with Crippen molar-refractivity contribution in [2.24, 2.45) is 4.99 Å². The molecule has 1 amide bonds. The number of carboxylic acids is 3. The number of aliphatic imine (C=N–C) groups is 1. The third kappa shape index (κ3) is 9.15. The van der Waals surface area contributed by atoms with Gasteiger partial charge in [0.05, 0.1) is 44.4 Å². The molecule has 4 aromatic carbocycles. The predicted molar refractivity (Wildman–Crippen MR) is 214 cm³/mol. The highest BCUT2D eigenvalue weighted by Crippen LogP contribution is 2.31. The smallest absolute Gasteiger partial charge is 0.337 e. The first-order valence-electron chi connectivity index (χ1n) is 17.0. The average molecular weight is 791 g/mol. The minimum absolute atomic E-state index is 0.00319. The Kier molecular flexibility index (Phi) is 11.9. The molecule has 0 bridgehead atoms. The molecule has 0 radical (unpaired) electrons. The maximum absolute atomic E-state index is 12.4. The van der Waals surface area contributed by atoms with Gasteiger partial charge in [0.25, 0.3) is 5.91 Å². The summed E-state index contributed by atoms with van der Waals surface area (Å²) in [5.41, 5.74) is 4.12. The minimum Gasteiger partial charge on any atom is -0.478 e. The Bertz CT molecular complexity index is 2780. The van der Waals surface area contributed by atoms with E-state index >= 15 is 0 Å². The molecule has 4 N–H and O–H groups in total. The standard InChI is InChI=1S/C22H13ClN2O3.C22H14N2O6/c23-18-7-5-14(10-17(18)22(26)27)21-8-6-16(28-21)9-15(12-24)20-11-13-3-1-2-4-19(13)25-20;23-12-15(20(25)24-18-4-2-1-3-17(18)22(28)29)11-16-9-10-19(30-16)13-5-7-14(8-6-13)21(26)27/h1-10H,11H2,(H,26,27);1-11H,(H,24,25)(H,26,27)(H,28,29)/b15-9+;15-11+. The van der Waals surface area contributed by atoms with Crippen LogP contribution < -0.4 is 5.32 Å². The molecule has 3 heterocycles. The summed E-state index contributed by atoms with van der Waals surface area (Å²) in [6.45, 7) is 0. The number of allylic oxidation sites excluding steroid dienone is 1. The fourth-order valence-electron chi connectivity index (χ4n) is 5.66. The van der Waals surface area contributed by atoms with Crippen molar-refractivity contribution in [3.8, 4) is 34.8 Å². The molecule has 0 atom stereocenters. The molecule has 2 aromatic heterocycles. The van der Waals surface area contributed by atoms with E-state index in [0.29, 0.717) is 46.1 Å². The van der Waals surface area contributed by atoms with Crippen LogP contribution in [0.4, 0.5) is 11.4 Å². The minimum atomic E-state index is -1.21. The summed E-state index contributed by atoms with van der Waals surface area (Å²) in [5, 5.41) is 48.8. The molecule has 0 unspecified atom stereocenters. The van der Waals surface area contributed by atoms with E-state index in [2.05, 4.69) is 16.4 Å². The van der Waals surface area contributed by atoms with Gasteiger partial charge >= 0.3 is 17.9 Å². The van der Waals surface area contributed by atoms with E-state index in [9.17, 15) is 39.9 Å². The highest BCUT2D eigenvalue weighted by atomic mass is 35.5. The number of nitrogens with zero attached hydrogens (tertiary/aromatic N) is 3.